The zero-order chi connectivity index (χ0) is 27.9. The maximum atomic E-state index is 13.2. The average molecular weight is 528 g/mol. The molecule has 0 aromatic heterocycles. The van der Waals surface area contributed by atoms with Crippen LogP contribution in [0.3, 0.4) is 0 Å². The summed E-state index contributed by atoms with van der Waals surface area (Å²) in [6, 6.07) is 38.2. The molecule has 7 nitrogen and oxygen atoms in total. The summed E-state index contributed by atoms with van der Waals surface area (Å²) in [6.07, 6.45) is 0. The summed E-state index contributed by atoms with van der Waals surface area (Å²) in [6.45, 7) is 0.239. The van der Waals surface area contributed by atoms with Crippen molar-refractivity contribution < 1.29 is 14.5 Å². The maximum absolute atomic E-state index is 13.2. The molecule has 2 amide bonds. The Kier molecular flexibility index (Phi) is 7.74. The SMILES string of the molecule is O=C(NCc1ccc(-c2ccccc2)cc1)c1cc(NC(=O)c2ccccc2-c2ccccc2)cc([N+](=O)[O-])c1. The van der Waals surface area contributed by atoms with Crippen LogP contribution >= 0.6 is 0 Å². The summed E-state index contributed by atoms with van der Waals surface area (Å²) >= 11 is 0. The van der Waals surface area contributed by atoms with Crippen molar-refractivity contribution in [3.63, 3.8) is 0 Å². The minimum absolute atomic E-state index is 0.0711. The van der Waals surface area contributed by atoms with E-state index in [4.69, 9.17) is 0 Å². The molecule has 0 aliphatic heterocycles. The molecule has 0 atom stereocenters. The number of nitro groups is 1. The minimum Gasteiger partial charge on any atom is -0.348 e. The van der Waals surface area contributed by atoms with Gasteiger partial charge in [0.1, 0.15) is 0 Å². The van der Waals surface area contributed by atoms with Crippen LogP contribution in [0.15, 0.2) is 127 Å². The lowest BCUT2D eigenvalue weighted by atomic mass is 9.99. The predicted molar refractivity (Wildman–Crippen MR) is 156 cm³/mol. The quantitative estimate of drug-likeness (QED) is 0.166. The molecule has 2 N–H and O–H groups in total. The third-order valence-electron chi connectivity index (χ3n) is 6.42. The van der Waals surface area contributed by atoms with Crippen molar-refractivity contribution in [1.29, 1.82) is 0 Å². The van der Waals surface area contributed by atoms with Crippen molar-refractivity contribution in [2.45, 2.75) is 6.54 Å². The Bertz CT molecular complexity index is 1670. The molecular weight excluding hydrogens is 502 g/mol. The second-order valence-electron chi connectivity index (χ2n) is 9.14. The van der Waals surface area contributed by atoms with Crippen LogP contribution in [0.2, 0.25) is 0 Å². The molecule has 5 rings (SSSR count). The number of anilines is 1. The van der Waals surface area contributed by atoms with E-state index in [1.54, 1.807) is 12.1 Å². The number of nitrogens with one attached hydrogen (secondary N) is 2. The molecule has 0 aliphatic carbocycles. The van der Waals surface area contributed by atoms with Crippen LogP contribution in [-0.4, -0.2) is 16.7 Å². The van der Waals surface area contributed by atoms with Gasteiger partial charge < -0.3 is 10.6 Å². The van der Waals surface area contributed by atoms with E-state index in [1.807, 2.05) is 97.1 Å². The van der Waals surface area contributed by atoms with E-state index in [2.05, 4.69) is 10.6 Å². The monoisotopic (exact) mass is 527 g/mol. The normalized spacial score (nSPS) is 10.5. The summed E-state index contributed by atoms with van der Waals surface area (Å²) in [5.74, 6) is -0.930. The molecule has 0 unspecified atom stereocenters. The smallest absolute Gasteiger partial charge is 0.272 e. The third kappa shape index (κ3) is 6.11. The van der Waals surface area contributed by atoms with Crippen molar-refractivity contribution >= 4 is 23.2 Å². The first kappa shape index (κ1) is 26.1. The highest BCUT2D eigenvalue weighted by molar-refractivity contribution is 6.09. The van der Waals surface area contributed by atoms with Gasteiger partial charge in [0.2, 0.25) is 0 Å². The zero-order valence-electron chi connectivity index (χ0n) is 21.4. The van der Waals surface area contributed by atoms with Gasteiger partial charge in [-0.1, -0.05) is 103 Å². The van der Waals surface area contributed by atoms with Gasteiger partial charge in [-0.15, -0.1) is 0 Å². The summed E-state index contributed by atoms with van der Waals surface area (Å²) in [4.78, 5) is 37.2. The van der Waals surface area contributed by atoms with Crippen LogP contribution in [0.4, 0.5) is 11.4 Å². The highest BCUT2D eigenvalue weighted by Gasteiger charge is 2.18. The number of carbonyl (C=O) groups is 2. The second kappa shape index (κ2) is 11.9. The van der Waals surface area contributed by atoms with Crippen LogP contribution in [0.5, 0.6) is 0 Å². The van der Waals surface area contributed by atoms with Crippen LogP contribution in [0.25, 0.3) is 22.3 Å². The van der Waals surface area contributed by atoms with Crippen molar-refractivity contribution in [2.24, 2.45) is 0 Å². The molecule has 0 spiro atoms. The standard InChI is InChI=1S/C33H25N3O4/c37-32(34-22-23-15-17-25(18-16-23)24-9-3-1-4-10-24)27-19-28(21-29(20-27)36(39)40)35-33(38)31-14-8-7-13-30(31)26-11-5-2-6-12-26/h1-21H,22H2,(H,34,37)(H,35,38). The fourth-order valence-corrected chi connectivity index (χ4v) is 4.40. The fourth-order valence-electron chi connectivity index (χ4n) is 4.40. The maximum Gasteiger partial charge on any atom is 0.272 e. The summed E-state index contributed by atoms with van der Waals surface area (Å²) in [5, 5.41) is 17.2. The second-order valence-corrected chi connectivity index (χ2v) is 9.14. The number of amides is 2. The minimum atomic E-state index is -0.591. The number of hydrogen-bond acceptors (Lipinski definition) is 4. The van der Waals surface area contributed by atoms with E-state index in [0.29, 0.717) is 5.56 Å². The molecule has 0 saturated heterocycles. The Morgan fingerprint density at radius 2 is 1.25 bits per heavy atom. The fraction of sp³-hybridized carbons (Fsp3) is 0.0303. The summed E-state index contributed by atoms with van der Waals surface area (Å²) in [7, 11) is 0. The summed E-state index contributed by atoms with van der Waals surface area (Å²) in [5.41, 5.74) is 4.95. The van der Waals surface area contributed by atoms with E-state index in [-0.39, 0.29) is 23.5 Å². The van der Waals surface area contributed by atoms with E-state index in [9.17, 15) is 19.7 Å². The van der Waals surface area contributed by atoms with Gasteiger partial charge in [-0.3, -0.25) is 19.7 Å². The van der Waals surface area contributed by atoms with Gasteiger partial charge in [0.25, 0.3) is 17.5 Å². The molecule has 196 valence electrons. The molecule has 0 saturated carbocycles. The van der Waals surface area contributed by atoms with Gasteiger partial charge in [0.05, 0.1) is 4.92 Å². The third-order valence-corrected chi connectivity index (χ3v) is 6.42. The van der Waals surface area contributed by atoms with E-state index >= 15 is 0 Å². The highest BCUT2D eigenvalue weighted by atomic mass is 16.6. The van der Waals surface area contributed by atoms with Gasteiger partial charge in [-0.25, -0.2) is 0 Å². The Labute approximate surface area is 231 Å². The molecule has 7 heteroatoms. The Hall–Kier alpha value is -5.56. The van der Waals surface area contributed by atoms with Crippen LogP contribution in [-0.2, 0) is 6.54 Å². The molecule has 0 bridgehead atoms. The van der Waals surface area contributed by atoms with E-state index < -0.39 is 16.7 Å². The van der Waals surface area contributed by atoms with E-state index in [1.165, 1.54) is 18.2 Å². The Morgan fingerprint density at radius 3 is 1.93 bits per heavy atom. The number of nitro benzene ring substituents is 1. The van der Waals surface area contributed by atoms with Crippen molar-refractivity contribution in [3.8, 4) is 22.3 Å². The van der Waals surface area contributed by atoms with Crippen LogP contribution in [0.1, 0.15) is 26.3 Å². The largest absolute Gasteiger partial charge is 0.348 e. The lowest BCUT2D eigenvalue weighted by Gasteiger charge is -2.12. The van der Waals surface area contributed by atoms with Gasteiger partial charge >= 0.3 is 0 Å². The lowest BCUT2D eigenvalue weighted by molar-refractivity contribution is -0.384. The number of non-ortho nitro benzene ring substituents is 1. The van der Waals surface area contributed by atoms with Crippen molar-refractivity contribution in [2.75, 3.05) is 5.32 Å². The Morgan fingerprint density at radius 1 is 0.650 bits per heavy atom. The first-order chi connectivity index (χ1) is 19.5. The van der Waals surface area contributed by atoms with Crippen LogP contribution in [0, 0.1) is 10.1 Å². The van der Waals surface area contributed by atoms with Gasteiger partial charge in [-0.05, 0) is 39.9 Å². The number of hydrogen-bond donors (Lipinski definition) is 2. The predicted octanol–water partition coefficient (Wildman–Crippen LogP) is 7.11. The first-order valence-corrected chi connectivity index (χ1v) is 12.7. The molecule has 5 aromatic carbocycles. The average Bonchev–Trinajstić information content (AvgIpc) is 3.00. The Balaban J connectivity index is 1.32. The van der Waals surface area contributed by atoms with Crippen LogP contribution < -0.4 is 10.6 Å². The molecule has 5 aromatic rings. The van der Waals surface area contributed by atoms with Gasteiger partial charge in [0, 0.05) is 35.5 Å². The number of carbonyl (C=O) groups excluding carboxylic acids is 2. The molecule has 0 radical (unpaired) electrons. The van der Waals surface area contributed by atoms with Gasteiger partial charge in [0.15, 0.2) is 0 Å². The molecular formula is C33H25N3O4. The molecule has 0 heterocycles. The van der Waals surface area contributed by atoms with Gasteiger partial charge in [-0.2, -0.15) is 0 Å². The zero-order valence-corrected chi connectivity index (χ0v) is 21.4. The highest BCUT2D eigenvalue weighted by Crippen LogP contribution is 2.26. The number of rotatable bonds is 8. The number of benzene rings is 5. The summed E-state index contributed by atoms with van der Waals surface area (Å²) < 4.78 is 0. The van der Waals surface area contributed by atoms with Crippen molar-refractivity contribution in [1.82, 2.24) is 5.32 Å². The first-order valence-electron chi connectivity index (χ1n) is 12.7. The molecule has 0 aliphatic rings. The molecule has 0 fully saturated rings. The van der Waals surface area contributed by atoms with Crippen molar-refractivity contribution in [3.05, 3.63) is 154 Å². The topological polar surface area (TPSA) is 101 Å². The number of nitrogens with zero attached hydrogens (tertiary/aromatic N) is 1. The lowest BCUT2D eigenvalue weighted by Crippen LogP contribution is -2.23. The van der Waals surface area contributed by atoms with E-state index in [0.717, 1.165) is 27.8 Å². The molecule has 40 heavy (non-hydrogen) atoms.